The average Bonchev–Trinajstić information content (AvgIpc) is 2.73. The van der Waals surface area contributed by atoms with Gasteiger partial charge < -0.3 is 9.84 Å². The lowest BCUT2D eigenvalue weighted by Crippen LogP contribution is -2.08. The summed E-state index contributed by atoms with van der Waals surface area (Å²) < 4.78 is 5.48. The molecule has 90 valence electrons. The maximum absolute atomic E-state index is 9.92. The van der Waals surface area contributed by atoms with Crippen LogP contribution in [0.25, 0.3) is 0 Å². The van der Waals surface area contributed by atoms with Gasteiger partial charge in [-0.2, -0.15) is 0 Å². The second-order valence-corrected chi connectivity index (χ2v) is 5.49. The molecule has 0 aliphatic heterocycles. The quantitative estimate of drug-likeness (QED) is 0.913. The molecule has 1 N–H and O–H groups in total. The zero-order chi connectivity index (χ0) is 12.3. The number of aliphatic hydroxyl groups excluding tert-OH is 1. The summed E-state index contributed by atoms with van der Waals surface area (Å²) in [6.45, 7) is 2.25. The minimum Gasteiger partial charge on any atom is -0.490 e. The fraction of sp³-hybridized carbons (Fsp3) is 0.231. The van der Waals surface area contributed by atoms with E-state index in [2.05, 4.69) is 0 Å². The van der Waals surface area contributed by atoms with Gasteiger partial charge in [-0.05, 0) is 37.3 Å². The standard InChI is InChI=1S/C13H13ClO2S/c1-9-5-6-13(17-9)12(15)8-16-11-4-2-3-10(14)7-11/h2-7,12,15H,8H2,1H3. The van der Waals surface area contributed by atoms with Gasteiger partial charge in [-0.25, -0.2) is 0 Å². The van der Waals surface area contributed by atoms with Crippen LogP contribution in [0.15, 0.2) is 36.4 Å². The number of hydrogen-bond donors (Lipinski definition) is 1. The molecule has 1 heterocycles. The Labute approximate surface area is 109 Å². The summed E-state index contributed by atoms with van der Waals surface area (Å²) in [6, 6.07) is 11.1. The number of hydrogen-bond acceptors (Lipinski definition) is 3. The van der Waals surface area contributed by atoms with Crippen LogP contribution in [0.3, 0.4) is 0 Å². The molecule has 0 fully saturated rings. The summed E-state index contributed by atoms with van der Waals surface area (Å²) in [5.74, 6) is 0.671. The summed E-state index contributed by atoms with van der Waals surface area (Å²) in [5.41, 5.74) is 0. The Hall–Kier alpha value is -1.03. The molecule has 0 spiro atoms. The first-order valence-electron chi connectivity index (χ1n) is 5.28. The first-order valence-corrected chi connectivity index (χ1v) is 6.47. The smallest absolute Gasteiger partial charge is 0.122 e. The van der Waals surface area contributed by atoms with Crippen LogP contribution in [-0.2, 0) is 0 Å². The molecule has 0 saturated carbocycles. The summed E-state index contributed by atoms with van der Waals surface area (Å²) in [4.78, 5) is 2.10. The molecule has 1 atom stereocenters. The first kappa shape index (κ1) is 12.4. The van der Waals surface area contributed by atoms with Gasteiger partial charge in [0, 0.05) is 14.8 Å². The maximum Gasteiger partial charge on any atom is 0.122 e. The van der Waals surface area contributed by atoms with Crippen LogP contribution in [0.5, 0.6) is 5.75 Å². The molecule has 17 heavy (non-hydrogen) atoms. The van der Waals surface area contributed by atoms with Crippen molar-refractivity contribution < 1.29 is 9.84 Å². The van der Waals surface area contributed by atoms with E-state index in [1.165, 1.54) is 4.88 Å². The lowest BCUT2D eigenvalue weighted by molar-refractivity contribution is 0.111. The predicted molar refractivity (Wildman–Crippen MR) is 71.0 cm³/mol. The van der Waals surface area contributed by atoms with Crippen molar-refractivity contribution in [2.45, 2.75) is 13.0 Å². The van der Waals surface area contributed by atoms with Crippen molar-refractivity contribution in [2.24, 2.45) is 0 Å². The van der Waals surface area contributed by atoms with Crippen molar-refractivity contribution in [3.05, 3.63) is 51.2 Å². The summed E-state index contributed by atoms with van der Waals surface area (Å²) in [6.07, 6.45) is -0.590. The van der Waals surface area contributed by atoms with Crippen molar-refractivity contribution >= 4 is 22.9 Å². The molecule has 1 aromatic carbocycles. The normalized spacial score (nSPS) is 12.4. The van der Waals surface area contributed by atoms with E-state index in [1.807, 2.05) is 31.2 Å². The van der Waals surface area contributed by atoms with Crippen LogP contribution >= 0.6 is 22.9 Å². The van der Waals surface area contributed by atoms with Gasteiger partial charge in [0.2, 0.25) is 0 Å². The van der Waals surface area contributed by atoms with E-state index in [9.17, 15) is 5.11 Å². The summed E-state index contributed by atoms with van der Waals surface area (Å²) >= 11 is 7.42. The Morgan fingerprint density at radius 3 is 2.82 bits per heavy atom. The number of thiophene rings is 1. The molecule has 0 bridgehead atoms. The van der Waals surface area contributed by atoms with Gasteiger partial charge in [-0.15, -0.1) is 11.3 Å². The van der Waals surface area contributed by atoms with E-state index in [4.69, 9.17) is 16.3 Å². The number of halogens is 1. The maximum atomic E-state index is 9.92. The highest BCUT2D eigenvalue weighted by atomic mass is 35.5. The van der Waals surface area contributed by atoms with Gasteiger partial charge >= 0.3 is 0 Å². The Bertz CT molecular complexity index is 496. The van der Waals surface area contributed by atoms with E-state index in [-0.39, 0.29) is 6.61 Å². The Balaban J connectivity index is 1.94. The van der Waals surface area contributed by atoms with Crippen molar-refractivity contribution in [3.8, 4) is 5.75 Å². The van der Waals surface area contributed by atoms with Gasteiger partial charge in [0.1, 0.15) is 18.5 Å². The fourth-order valence-corrected chi connectivity index (χ4v) is 2.47. The molecular formula is C13H13ClO2S. The van der Waals surface area contributed by atoms with E-state index in [0.717, 1.165) is 4.88 Å². The van der Waals surface area contributed by atoms with E-state index < -0.39 is 6.10 Å². The van der Waals surface area contributed by atoms with Gasteiger partial charge in [-0.3, -0.25) is 0 Å². The van der Waals surface area contributed by atoms with Crippen LogP contribution < -0.4 is 4.74 Å². The van der Waals surface area contributed by atoms with Crippen LogP contribution in [0.1, 0.15) is 15.9 Å². The SMILES string of the molecule is Cc1ccc(C(O)COc2cccc(Cl)c2)s1. The van der Waals surface area contributed by atoms with Gasteiger partial charge in [-0.1, -0.05) is 17.7 Å². The van der Waals surface area contributed by atoms with Gasteiger partial charge in [0.05, 0.1) is 0 Å². The largest absolute Gasteiger partial charge is 0.490 e. The first-order chi connectivity index (χ1) is 8.15. The molecule has 0 amide bonds. The molecule has 4 heteroatoms. The van der Waals surface area contributed by atoms with E-state index >= 15 is 0 Å². The third-order valence-corrected chi connectivity index (χ3v) is 3.63. The minimum absolute atomic E-state index is 0.236. The third-order valence-electron chi connectivity index (χ3n) is 2.29. The van der Waals surface area contributed by atoms with E-state index in [0.29, 0.717) is 10.8 Å². The zero-order valence-electron chi connectivity index (χ0n) is 9.39. The molecule has 2 nitrogen and oxygen atoms in total. The third kappa shape index (κ3) is 3.46. The topological polar surface area (TPSA) is 29.5 Å². The Kier molecular flexibility index (Phi) is 4.05. The summed E-state index contributed by atoms with van der Waals surface area (Å²) in [5, 5.41) is 10.5. The second-order valence-electron chi connectivity index (χ2n) is 3.73. The van der Waals surface area contributed by atoms with Crippen molar-refractivity contribution in [3.63, 3.8) is 0 Å². The molecule has 0 saturated heterocycles. The number of rotatable bonds is 4. The molecule has 2 rings (SSSR count). The number of benzene rings is 1. The number of aliphatic hydroxyl groups is 1. The fourth-order valence-electron chi connectivity index (χ4n) is 1.45. The Morgan fingerprint density at radius 1 is 1.35 bits per heavy atom. The second kappa shape index (κ2) is 5.54. The van der Waals surface area contributed by atoms with E-state index in [1.54, 1.807) is 23.5 Å². The van der Waals surface area contributed by atoms with Gasteiger partial charge in [0.25, 0.3) is 0 Å². The zero-order valence-corrected chi connectivity index (χ0v) is 11.0. The molecule has 1 aromatic heterocycles. The monoisotopic (exact) mass is 268 g/mol. The van der Waals surface area contributed by atoms with Crippen LogP contribution in [0, 0.1) is 6.92 Å². The van der Waals surface area contributed by atoms with Crippen molar-refractivity contribution in [1.29, 1.82) is 0 Å². The van der Waals surface area contributed by atoms with Crippen LogP contribution in [-0.4, -0.2) is 11.7 Å². The predicted octanol–water partition coefficient (Wildman–Crippen LogP) is 3.82. The molecule has 0 aliphatic carbocycles. The minimum atomic E-state index is -0.590. The highest BCUT2D eigenvalue weighted by molar-refractivity contribution is 7.12. The van der Waals surface area contributed by atoms with Crippen molar-refractivity contribution in [1.82, 2.24) is 0 Å². The number of ether oxygens (including phenoxy) is 1. The van der Waals surface area contributed by atoms with Crippen LogP contribution in [0.4, 0.5) is 0 Å². The summed E-state index contributed by atoms with van der Waals surface area (Å²) in [7, 11) is 0. The lowest BCUT2D eigenvalue weighted by Gasteiger charge is -2.10. The lowest BCUT2D eigenvalue weighted by atomic mass is 10.3. The molecule has 1 unspecified atom stereocenters. The molecule has 0 aliphatic rings. The molecule has 0 radical (unpaired) electrons. The van der Waals surface area contributed by atoms with Crippen LogP contribution in [0.2, 0.25) is 5.02 Å². The van der Waals surface area contributed by atoms with Crippen molar-refractivity contribution in [2.75, 3.05) is 6.61 Å². The Morgan fingerprint density at radius 2 is 2.18 bits per heavy atom. The molecular weight excluding hydrogens is 256 g/mol. The highest BCUT2D eigenvalue weighted by Gasteiger charge is 2.10. The average molecular weight is 269 g/mol. The molecule has 2 aromatic rings. The highest BCUT2D eigenvalue weighted by Crippen LogP contribution is 2.24. The van der Waals surface area contributed by atoms with Gasteiger partial charge in [0.15, 0.2) is 0 Å². The number of aryl methyl sites for hydroxylation is 1.